The molecule has 0 unspecified atom stereocenters. The van der Waals surface area contributed by atoms with E-state index in [1.807, 2.05) is 72.8 Å². The highest BCUT2D eigenvalue weighted by Gasteiger charge is 2.47. The van der Waals surface area contributed by atoms with Gasteiger partial charge in [-0.1, -0.05) is 212 Å². The summed E-state index contributed by atoms with van der Waals surface area (Å²) in [5.41, 5.74) is 14.6. The largest absolute Gasteiger partial charge is 0.455 e. The summed E-state index contributed by atoms with van der Waals surface area (Å²) in [6, 6.07) is 81.8. The molecule has 12 aromatic rings. The third-order valence-corrected chi connectivity index (χ3v) is 13.9. The van der Waals surface area contributed by atoms with Crippen molar-refractivity contribution in [2.45, 2.75) is 5.41 Å². The molecule has 6 nitrogen and oxygen atoms in total. The van der Waals surface area contributed by atoms with Crippen LogP contribution in [0.25, 0.3) is 89.5 Å². The van der Waals surface area contributed by atoms with Crippen molar-refractivity contribution in [1.29, 1.82) is 0 Å². The van der Waals surface area contributed by atoms with Crippen molar-refractivity contribution >= 4 is 21.9 Å². The fourth-order valence-corrected chi connectivity index (χ4v) is 10.8. The molecular formula is C64H39N3O3. The van der Waals surface area contributed by atoms with Crippen LogP contribution in [0, 0.1) is 0 Å². The molecule has 3 heterocycles. The molecular weight excluding hydrogens is 859 g/mol. The lowest BCUT2D eigenvalue weighted by Crippen LogP contribution is -2.28. The van der Waals surface area contributed by atoms with Crippen LogP contribution in [0.4, 0.5) is 0 Å². The average molecular weight is 898 g/mol. The van der Waals surface area contributed by atoms with Crippen molar-refractivity contribution in [3.05, 3.63) is 259 Å². The van der Waals surface area contributed by atoms with E-state index >= 15 is 0 Å². The van der Waals surface area contributed by atoms with Gasteiger partial charge in [-0.2, -0.15) is 0 Å². The van der Waals surface area contributed by atoms with E-state index in [1.54, 1.807) is 0 Å². The molecule has 0 bridgehead atoms. The van der Waals surface area contributed by atoms with Crippen LogP contribution >= 0.6 is 0 Å². The van der Waals surface area contributed by atoms with Gasteiger partial charge in [-0.3, -0.25) is 0 Å². The van der Waals surface area contributed by atoms with Crippen LogP contribution < -0.4 is 9.47 Å². The molecule has 2 aromatic heterocycles. The Morgan fingerprint density at radius 3 is 1.61 bits per heavy atom. The van der Waals surface area contributed by atoms with Gasteiger partial charge < -0.3 is 13.9 Å². The zero-order valence-corrected chi connectivity index (χ0v) is 37.6. The van der Waals surface area contributed by atoms with E-state index in [4.69, 9.17) is 28.8 Å². The molecule has 70 heavy (non-hydrogen) atoms. The van der Waals surface area contributed by atoms with Crippen LogP contribution in [-0.2, 0) is 5.41 Å². The lowest BCUT2D eigenvalue weighted by molar-refractivity contribution is 0.360. The van der Waals surface area contributed by atoms with Gasteiger partial charge in [0.1, 0.15) is 11.2 Å². The number of furan rings is 1. The summed E-state index contributed by atoms with van der Waals surface area (Å²) >= 11 is 0. The van der Waals surface area contributed by atoms with E-state index in [2.05, 4.69) is 164 Å². The number of aromatic nitrogens is 3. The lowest BCUT2D eigenvalue weighted by atomic mass is 9.67. The van der Waals surface area contributed by atoms with Crippen LogP contribution in [-0.4, -0.2) is 15.0 Å². The van der Waals surface area contributed by atoms with Gasteiger partial charge in [-0.25, -0.2) is 15.0 Å². The smallest absolute Gasteiger partial charge is 0.177 e. The molecule has 14 rings (SSSR count). The number of nitrogens with zero attached hydrogens (tertiary/aromatic N) is 3. The first-order valence-corrected chi connectivity index (χ1v) is 23.5. The van der Waals surface area contributed by atoms with Gasteiger partial charge >= 0.3 is 0 Å². The number of hydrogen-bond acceptors (Lipinski definition) is 6. The van der Waals surface area contributed by atoms with Crippen LogP contribution in [0.2, 0.25) is 0 Å². The van der Waals surface area contributed by atoms with Gasteiger partial charge in [-0.05, 0) is 68.8 Å². The number of para-hydroxylation sites is 3. The van der Waals surface area contributed by atoms with Crippen molar-refractivity contribution < 1.29 is 13.9 Å². The molecule has 1 aliphatic carbocycles. The fourth-order valence-electron chi connectivity index (χ4n) is 10.8. The molecule has 0 radical (unpaired) electrons. The third-order valence-electron chi connectivity index (χ3n) is 13.9. The Kier molecular flexibility index (Phi) is 9.01. The van der Waals surface area contributed by atoms with Gasteiger partial charge in [0.2, 0.25) is 0 Å². The molecule has 0 atom stereocenters. The number of fused-ring (bicyclic) bond motifs is 8. The van der Waals surface area contributed by atoms with Crippen LogP contribution in [0.3, 0.4) is 0 Å². The first-order chi connectivity index (χ1) is 34.7. The number of ether oxygens (including phenoxy) is 2. The van der Waals surface area contributed by atoms with Crippen molar-refractivity contribution in [2.75, 3.05) is 0 Å². The Bertz CT molecular complexity index is 3960. The van der Waals surface area contributed by atoms with E-state index in [9.17, 15) is 0 Å². The minimum absolute atomic E-state index is 0.540. The summed E-state index contributed by atoms with van der Waals surface area (Å²) in [6.07, 6.45) is 0. The molecule has 0 fully saturated rings. The van der Waals surface area contributed by atoms with Crippen molar-refractivity contribution in [3.63, 3.8) is 0 Å². The highest BCUT2D eigenvalue weighted by Crippen LogP contribution is 2.60. The Hall–Kier alpha value is -9.39. The monoisotopic (exact) mass is 897 g/mol. The molecule has 0 saturated carbocycles. The summed E-state index contributed by atoms with van der Waals surface area (Å²) in [5, 5.41) is 2.19. The molecule has 0 spiro atoms. The Morgan fingerprint density at radius 1 is 0.314 bits per heavy atom. The SMILES string of the molecule is c1ccc(-c2nc(-c3ccc(-c4cccc5c4oc4ccccc45)cc3)nc(-c3ccccc3-c3cccc4c3Oc3cc5c(cc3O4)C(c3ccccc3)(c3ccccc3)c3ccccc3-5)n2)cc1. The summed E-state index contributed by atoms with van der Waals surface area (Å²) in [6.45, 7) is 0. The second kappa shape index (κ2) is 15.9. The predicted molar refractivity (Wildman–Crippen MR) is 278 cm³/mol. The first-order valence-electron chi connectivity index (χ1n) is 23.5. The van der Waals surface area contributed by atoms with E-state index in [0.717, 1.165) is 72.0 Å². The highest BCUT2D eigenvalue weighted by atomic mass is 16.6. The second-order valence-corrected chi connectivity index (χ2v) is 17.8. The predicted octanol–water partition coefficient (Wildman–Crippen LogP) is 16.4. The maximum atomic E-state index is 7.07. The number of hydrogen-bond donors (Lipinski definition) is 0. The molecule has 10 aromatic carbocycles. The third kappa shape index (κ3) is 6.17. The molecule has 1 aliphatic heterocycles. The average Bonchev–Trinajstić information content (AvgIpc) is 3.96. The van der Waals surface area contributed by atoms with E-state index < -0.39 is 5.41 Å². The summed E-state index contributed by atoms with van der Waals surface area (Å²) in [4.78, 5) is 15.5. The minimum atomic E-state index is -0.567. The molecule has 0 N–H and O–H groups in total. The normalized spacial score (nSPS) is 12.9. The minimum Gasteiger partial charge on any atom is -0.455 e. The van der Waals surface area contributed by atoms with Crippen LogP contribution in [0.15, 0.2) is 241 Å². The fraction of sp³-hybridized carbons (Fsp3) is 0.0156. The first kappa shape index (κ1) is 39.7. The standard InChI is InChI=1S/C64H39N3O3/c1-4-18-41(19-5-1)61-65-62(42-36-34-40(35-37-42)45-28-16-29-50-48-26-13-15-32-55(48)69-59(45)50)67-63(66-61)51-27-11-10-24-46(51)49-30-17-33-56-60(49)70-57-38-52-47-25-12-14-31-53(47)64(43-20-6-2-7-21-43,44-22-8-3-9-23-44)54(52)39-58(57)68-56/h1-39H. The maximum absolute atomic E-state index is 7.07. The van der Waals surface area contributed by atoms with E-state index in [-0.39, 0.29) is 0 Å². The summed E-state index contributed by atoms with van der Waals surface area (Å²) in [5.74, 6) is 4.24. The maximum Gasteiger partial charge on any atom is 0.177 e. The Labute approximate surface area is 403 Å². The molecule has 2 aliphatic rings. The van der Waals surface area contributed by atoms with Crippen molar-refractivity contribution in [3.8, 4) is 90.5 Å². The van der Waals surface area contributed by atoms with Gasteiger partial charge in [0.15, 0.2) is 40.5 Å². The summed E-state index contributed by atoms with van der Waals surface area (Å²) in [7, 11) is 0. The number of benzene rings is 10. The molecule has 328 valence electrons. The van der Waals surface area contributed by atoms with Crippen molar-refractivity contribution in [2.24, 2.45) is 0 Å². The molecule has 0 amide bonds. The van der Waals surface area contributed by atoms with E-state index in [1.165, 1.54) is 22.3 Å². The van der Waals surface area contributed by atoms with Gasteiger partial charge in [-0.15, -0.1) is 0 Å². The quantitative estimate of drug-likeness (QED) is 0.159. The Morgan fingerprint density at radius 2 is 0.857 bits per heavy atom. The zero-order valence-electron chi connectivity index (χ0n) is 37.6. The van der Waals surface area contributed by atoms with Gasteiger partial charge in [0, 0.05) is 38.6 Å². The topological polar surface area (TPSA) is 70.3 Å². The number of rotatable bonds is 7. The van der Waals surface area contributed by atoms with Gasteiger partial charge in [0.05, 0.1) is 5.41 Å². The molecule has 6 heteroatoms. The highest BCUT2D eigenvalue weighted by molar-refractivity contribution is 6.09. The van der Waals surface area contributed by atoms with Gasteiger partial charge in [0.25, 0.3) is 0 Å². The van der Waals surface area contributed by atoms with Crippen LogP contribution in [0.5, 0.6) is 23.0 Å². The Balaban J connectivity index is 0.873. The lowest BCUT2D eigenvalue weighted by Gasteiger charge is -2.34. The van der Waals surface area contributed by atoms with Crippen LogP contribution in [0.1, 0.15) is 22.3 Å². The van der Waals surface area contributed by atoms with Crippen molar-refractivity contribution in [1.82, 2.24) is 15.0 Å². The summed E-state index contributed by atoms with van der Waals surface area (Å²) < 4.78 is 20.4. The zero-order chi connectivity index (χ0) is 46.2. The molecule has 0 saturated heterocycles. The van der Waals surface area contributed by atoms with E-state index in [0.29, 0.717) is 40.5 Å². The second-order valence-electron chi connectivity index (χ2n) is 17.8.